The highest BCUT2D eigenvalue weighted by Crippen LogP contribution is 1.95. The molecule has 1 amide bonds. The van der Waals surface area contributed by atoms with E-state index in [1.807, 2.05) is 6.92 Å². The highest BCUT2D eigenvalue weighted by atomic mass is 16.5. The van der Waals surface area contributed by atoms with Crippen molar-refractivity contribution in [3.63, 3.8) is 0 Å². The van der Waals surface area contributed by atoms with Crippen LogP contribution in [0.3, 0.4) is 0 Å². The Morgan fingerprint density at radius 2 is 2.17 bits per heavy atom. The lowest BCUT2D eigenvalue weighted by Gasteiger charge is -2.12. The van der Waals surface area contributed by atoms with Crippen LogP contribution < -0.4 is 5.32 Å². The number of carbonyl (C=O) groups is 1. The lowest BCUT2D eigenvalue weighted by molar-refractivity contribution is -0.122. The Balaban J connectivity index is 3.19. The molecule has 0 spiro atoms. The van der Waals surface area contributed by atoms with Gasteiger partial charge in [-0.1, -0.05) is 19.8 Å². The summed E-state index contributed by atoms with van der Waals surface area (Å²) in [5.41, 5.74) is 0. The van der Waals surface area contributed by atoms with Gasteiger partial charge in [0.15, 0.2) is 0 Å². The summed E-state index contributed by atoms with van der Waals surface area (Å²) in [5.74, 6) is -0.0435. The first kappa shape index (κ1) is 11.4. The monoisotopic (exact) mass is 173 g/mol. The van der Waals surface area contributed by atoms with Crippen LogP contribution in [0.25, 0.3) is 0 Å². The maximum atomic E-state index is 10.6. The van der Waals surface area contributed by atoms with Crippen molar-refractivity contribution in [2.75, 3.05) is 6.61 Å². The molecule has 3 nitrogen and oxygen atoms in total. The second kappa shape index (κ2) is 7.10. The van der Waals surface area contributed by atoms with Gasteiger partial charge in [0.05, 0.1) is 0 Å². The average molecular weight is 173 g/mol. The van der Waals surface area contributed by atoms with Crippen molar-refractivity contribution in [1.29, 1.82) is 0 Å². The molecule has 0 aromatic heterocycles. The molecule has 12 heavy (non-hydrogen) atoms. The second-order valence-corrected chi connectivity index (χ2v) is 2.92. The van der Waals surface area contributed by atoms with Crippen LogP contribution in [0, 0.1) is 0 Å². The molecule has 0 aliphatic carbocycles. The lowest BCUT2D eigenvalue weighted by Crippen LogP contribution is -2.32. The fourth-order valence-corrected chi connectivity index (χ4v) is 0.940. The molecule has 0 rings (SSSR count). The zero-order valence-electron chi connectivity index (χ0n) is 8.22. The SMILES string of the molecule is CCCCCOC(C)NC(C)=O. The predicted octanol–water partition coefficient (Wildman–Crippen LogP) is 1.68. The van der Waals surface area contributed by atoms with Crippen molar-refractivity contribution >= 4 is 5.91 Å². The molecular weight excluding hydrogens is 154 g/mol. The van der Waals surface area contributed by atoms with Crippen molar-refractivity contribution in [3.05, 3.63) is 0 Å². The largest absolute Gasteiger partial charge is 0.359 e. The van der Waals surface area contributed by atoms with Crippen LogP contribution in [-0.4, -0.2) is 18.7 Å². The van der Waals surface area contributed by atoms with Gasteiger partial charge in [-0.2, -0.15) is 0 Å². The number of hydrogen-bond acceptors (Lipinski definition) is 2. The van der Waals surface area contributed by atoms with Gasteiger partial charge in [-0.3, -0.25) is 4.79 Å². The maximum Gasteiger partial charge on any atom is 0.218 e. The van der Waals surface area contributed by atoms with Crippen LogP contribution in [0.1, 0.15) is 40.0 Å². The number of amides is 1. The first-order valence-corrected chi connectivity index (χ1v) is 4.55. The van der Waals surface area contributed by atoms with Crippen molar-refractivity contribution in [3.8, 4) is 0 Å². The Morgan fingerprint density at radius 3 is 2.67 bits per heavy atom. The normalized spacial score (nSPS) is 12.6. The fourth-order valence-electron chi connectivity index (χ4n) is 0.940. The summed E-state index contributed by atoms with van der Waals surface area (Å²) in [6.45, 7) is 6.21. The summed E-state index contributed by atoms with van der Waals surface area (Å²) in [6.07, 6.45) is 3.30. The molecule has 0 bridgehead atoms. The van der Waals surface area contributed by atoms with Crippen molar-refractivity contribution in [2.24, 2.45) is 0 Å². The molecule has 1 N–H and O–H groups in total. The summed E-state index contributed by atoms with van der Waals surface area (Å²) in [5, 5.41) is 2.66. The van der Waals surface area contributed by atoms with Gasteiger partial charge in [-0.25, -0.2) is 0 Å². The molecule has 72 valence electrons. The molecule has 0 aliphatic rings. The van der Waals surface area contributed by atoms with E-state index < -0.39 is 0 Å². The average Bonchev–Trinajstić information content (AvgIpc) is 1.97. The lowest BCUT2D eigenvalue weighted by atomic mass is 10.3. The van der Waals surface area contributed by atoms with E-state index >= 15 is 0 Å². The zero-order valence-corrected chi connectivity index (χ0v) is 8.22. The van der Waals surface area contributed by atoms with E-state index in [0.29, 0.717) is 0 Å². The van der Waals surface area contributed by atoms with E-state index in [0.717, 1.165) is 13.0 Å². The smallest absolute Gasteiger partial charge is 0.218 e. The third-order valence-electron chi connectivity index (χ3n) is 1.52. The Hall–Kier alpha value is -0.570. The minimum Gasteiger partial charge on any atom is -0.359 e. The number of unbranched alkanes of at least 4 members (excludes halogenated alkanes) is 2. The van der Waals surface area contributed by atoms with Crippen molar-refractivity contribution < 1.29 is 9.53 Å². The van der Waals surface area contributed by atoms with Gasteiger partial charge in [0.25, 0.3) is 0 Å². The molecule has 1 atom stereocenters. The van der Waals surface area contributed by atoms with E-state index in [1.54, 1.807) is 0 Å². The Kier molecular flexibility index (Phi) is 6.76. The van der Waals surface area contributed by atoms with Crippen molar-refractivity contribution in [1.82, 2.24) is 5.32 Å². The third-order valence-corrected chi connectivity index (χ3v) is 1.52. The maximum absolute atomic E-state index is 10.6. The third kappa shape index (κ3) is 7.54. The van der Waals surface area contributed by atoms with Gasteiger partial charge in [-0.05, 0) is 13.3 Å². The predicted molar refractivity (Wildman–Crippen MR) is 48.8 cm³/mol. The van der Waals surface area contributed by atoms with E-state index in [4.69, 9.17) is 4.74 Å². The van der Waals surface area contributed by atoms with Crippen LogP contribution in [0.2, 0.25) is 0 Å². The summed E-state index contributed by atoms with van der Waals surface area (Å²) in [7, 11) is 0. The van der Waals surface area contributed by atoms with Crippen molar-refractivity contribution in [2.45, 2.75) is 46.3 Å². The van der Waals surface area contributed by atoms with Gasteiger partial charge in [0.1, 0.15) is 6.23 Å². The van der Waals surface area contributed by atoms with E-state index in [1.165, 1.54) is 19.8 Å². The quantitative estimate of drug-likeness (QED) is 0.490. The summed E-state index contributed by atoms with van der Waals surface area (Å²) in [6, 6.07) is 0. The molecule has 1 unspecified atom stereocenters. The summed E-state index contributed by atoms with van der Waals surface area (Å²) >= 11 is 0. The number of nitrogens with one attached hydrogen (secondary N) is 1. The van der Waals surface area contributed by atoms with Crippen LogP contribution in [0.15, 0.2) is 0 Å². The zero-order chi connectivity index (χ0) is 9.40. The minimum absolute atomic E-state index is 0.0435. The highest BCUT2D eigenvalue weighted by Gasteiger charge is 2.01. The highest BCUT2D eigenvalue weighted by molar-refractivity contribution is 5.72. The van der Waals surface area contributed by atoms with Crippen LogP contribution >= 0.6 is 0 Å². The fraction of sp³-hybridized carbons (Fsp3) is 0.889. The van der Waals surface area contributed by atoms with Crippen LogP contribution in [0.4, 0.5) is 0 Å². The van der Waals surface area contributed by atoms with E-state index in [-0.39, 0.29) is 12.1 Å². The first-order chi connectivity index (χ1) is 5.66. The molecule has 0 saturated heterocycles. The molecule has 0 aromatic rings. The number of ether oxygens (including phenoxy) is 1. The van der Waals surface area contributed by atoms with Crippen LogP contribution in [0.5, 0.6) is 0 Å². The van der Waals surface area contributed by atoms with Gasteiger partial charge >= 0.3 is 0 Å². The molecule has 3 heteroatoms. The molecule has 0 fully saturated rings. The second-order valence-electron chi connectivity index (χ2n) is 2.92. The van der Waals surface area contributed by atoms with Gasteiger partial charge in [-0.15, -0.1) is 0 Å². The number of carbonyl (C=O) groups excluding carboxylic acids is 1. The summed E-state index contributed by atoms with van der Waals surface area (Å²) in [4.78, 5) is 10.6. The minimum atomic E-state index is -0.153. The standard InChI is InChI=1S/C9H19NO2/c1-4-5-6-7-12-9(3)10-8(2)11/h9H,4-7H2,1-3H3,(H,10,11). The number of hydrogen-bond donors (Lipinski definition) is 1. The van der Waals surface area contributed by atoms with Gasteiger partial charge in [0.2, 0.25) is 5.91 Å². The first-order valence-electron chi connectivity index (χ1n) is 4.55. The van der Waals surface area contributed by atoms with E-state index in [9.17, 15) is 4.79 Å². The molecule has 0 aliphatic heterocycles. The Morgan fingerprint density at radius 1 is 1.50 bits per heavy atom. The topological polar surface area (TPSA) is 38.3 Å². The Bertz CT molecular complexity index is 126. The molecule has 0 heterocycles. The number of rotatable bonds is 6. The van der Waals surface area contributed by atoms with Gasteiger partial charge < -0.3 is 10.1 Å². The Labute approximate surface area is 74.5 Å². The summed E-state index contributed by atoms with van der Waals surface area (Å²) < 4.78 is 5.32. The molecule has 0 saturated carbocycles. The van der Waals surface area contributed by atoms with E-state index in [2.05, 4.69) is 12.2 Å². The molecule has 0 aromatic carbocycles. The molecule has 0 radical (unpaired) electrons. The molecular formula is C9H19NO2. The van der Waals surface area contributed by atoms with Gasteiger partial charge in [0, 0.05) is 13.5 Å². The van der Waals surface area contributed by atoms with Crippen LogP contribution in [-0.2, 0) is 9.53 Å².